The standard InChI is InChI=1S/C17H17N3O4S/c1-3-11-4-7-15(21)13(9-11)18-17(25)19-16(22)12-5-6-14(20(23)24)10(2)8-12/h4-9,21H,3H2,1-2H3,(H2,18,19,22,25). The number of hydrogen-bond acceptors (Lipinski definition) is 5. The molecule has 0 atom stereocenters. The van der Waals surface area contributed by atoms with Crippen LogP contribution in [0.5, 0.6) is 5.75 Å². The number of nitrogens with one attached hydrogen (secondary N) is 2. The topological polar surface area (TPSA) is 104 Å². The maximum Gasteiger partial charge on any atom is 0.272 e. The average molecular weight is 359 g/mol. The first-order valence-electron chi connectivity index (χ1n) is 7.51. The lowest BCUT2D eigenvalue weighted by Crippen LogP contribution is -2.34. The van der Waals surface area contributed by atoms with Crippen LogP contribution >= 0.6 is 12.2 Å². The van der Waals surface area contributed by atoms with Gasteiger partial charge in [-0.2, -0.15) is 0 Å². The van der Waals surface area contributed by atoms with Crippen LogP contribution in [-0.4, -0.2) is 21.0 Å². The van der Waals surface area contributed by atoms with Gasteiger partial charge in [-0.25, -0.2) is 0 Å². The van der Waals surface area contributed by atoms with Crippen molar-refractivity contribution in [2.45, 2.75) is 20.3 Å². The van der Waals surface area contributed by atoms with Gasteiger partial charge in [0.15, 0.2) is 5.11 Å². The van der Waals surface area contributed by atoms with E-state index in [9.17, 15) is 20.0 Å². The molecule has 0 unspecified atom stereocenters. The molecule has 1 amide bonds. The van der Waals surface area contributed by atoms with Gasteiger partial charge in [0.25, 0.3) is 11.6 Å². The number of nitro benzene ring substituents is 1. The first-order valence-corrected chi connectivity index (χ1v) is 7.92. The minimum atomic E-state index is -0.507. The van der Waals surface area contributed by atoms with E-state index in [2.05, 4.69) is 10.6 Å². The van der Waals surface area contributed by atoms with E-state index in [-0.39, 0.29) is 22.1 Å². The third-order valence-corrected chi connectivity index (χ3v) is 3.80. The van der Waals surface area contributed by atoms with Crippen LogP contribution in [0, 0.1) is 17.0 Å². The van der Waals surface area contributed by atoms with Crippen LogP contribution in [0.1, 0.15) is 28.4 Å². The Morgan fingerprint density at radius 1 is 1.28 bits per heavy atom. The van der Waals surface area contributed by atoms with Crippen molar-refractivity contribution >= 4 is 34.6 Å². The van der Waals surface area contributed by atoms with Gasteiger partial charge >= 0.3 is 0 Å². The lowest BCUT2D eigenvalue weighted by molar-refractivity contribution is -0.385. The summed E-state index contributed by atoms with van der Waals surface area (Å²) < 4.78 is 0. The number of nitro groups is 1. The van der Waals surface area contributed by atoms with E-state index < -0.39 is 10.8 Å². The average Bonchev–Trinajstić information content (AvgIpc) is 2.56. The fourth-order valence-corrected chi connectivity index (χ4v) is 2.44. The Kier molecular flexibility index (Phi) is 5.66. The highest BCUT2D eigenvalue weighted by molar-refractivity contribution is 7.80. The molecule has 25 heavy (non-hydrogen) atoms. The Labute approximate surface area is 149 Å². The summed E-state index contributed by atoms with van der Waals surface area (Å²) >= 11 is 5.09. The highest BCUT2D eigenvalue weighted by atomic mass is 32.1. The summed E-state index contributed by atoms with van der Waals surface area (Å²) in [6.45, 7) is 3.53. The van der Waals surface area contributed by atoms with E-state index >= 15 is 0 Å². The minimum absolute atomic E-state index is 0.0139. The van der Waals surface area contributed by atoms with Gasteiger partial charge in [0.05, 0.1) is 10.6 Å². The number of aromatic hydroxyl groups is 1. The van der Waals surface area contributed by atoms with Crippen LogP contribution in [0.25, 0.3) is 0 Å². The Balaban J connectivity index is 2.09. The first-order chi connectivity index (χ1) is 11.8. The number of carbonyl (C=O) groups excluding carboxylic acids is 1. The summed E-state index contributed by atoms with van der Waals surface area (Å²) in [6, 6.07) is 9.14. The number of anilines is 1. The molecule has 2 aromatic rings. The molecule has 3 N–H and O–H groups in total. The second kappa shape index (κ2) is 7.71. The Bertz CT molecular complexity index is 852. The predicted octanol–water partition coefficient (Wildman–Crippen LogP) is 3.30. The summed E-state index contributed by atoms with van der Waals surface area (Å²) in [6.07, 6.45) is 0.788. The summed E-state index contributed by atoms with van der Waals surface area (Å²) in [7, 11) is 0. The SMILES string of the molecule is CCc1ccc(O)c(NC(=S)NC(=O)c2ccc([N+](=O)[O-])c(C)c2)c1. The Hall–Kier alpha value is -3.00. The van der Waals surface area contributed by atoms with Crippen molar-refractivity contribution < 1.29 is 14.8 Å². The highest BCUT2D eigenvalue weighted by Crippen LogP contribution is 2.24. The number of rotatable bonds is 4. The van der Waals surface area contributed by atoms with Gasteiger partial charge in [-0.05, 0) is 55.4 Å². The maximum absolute atomic E-state index is 12.2. The van der Waals surface area contributed by atoms with Gasteiger partial charge in [0, 0.05) is 17.2 Å². The van der Waals surface area contributed by atoms with Crippen molar-refractivity contribution in [3.8, 4) is 5.75 Å². The molecule has 0 saturated carbocycles. The minimum Gasteiger partial charge on any atom is -0.506 e. The van der Waals surface area contributed by atoms with Crippen molar-refractivity contribution in [1.82, 2.24) is 5.32 Å². The summed E-state index contributed by atoms with van der Waals surface area (Å²) in [5, 5.41) is 25.9. The quantitative estimate of drug-likeness (QED) is 0.335. The number of phenols is 1. The fourth-order valence-electron chi connectivity index (χ4n) is 2.23. The van der Waals surface area contributed by atoms with Gasteiger partial charge in [-0.15, -0.1) is 0 Å². The van der Waals surface area contributed by atoms with Crippen LogP contribution in [-0.2, 0) is 6.42 Å². The molecule has 0 saturated heterocycles. The van der Waals surface area contributed by atoms with Gasteiger partial charge in [0.1, 0.15) is 5.75 Å². The van der Waals surface area contributed by atoms with Crippen LogP contribution in [0.15, 0.2) is 36.4 Å². The number of hydrogen-bond donors (Lipinski definition) is 3. The molecule has 0 aromatic heterocycles. The van der Waals surface area contributed by atoms with E-state index in [0.717, 1.165) is 12.0 Å². The number of amides is 1. The smallest absolute Gasteiger partial charge is 0.272 e. The molecule has 0 aliphatic rings. The van der Waals surface area contributed by atoms with Crippen molar-refractivity contribution in [2.75, 3.05) is 5.32 Å². The van der Waals surface area contributed by atoms with Crippen LogP contribution in [0.4, 0.5) is 11.4 Å². The van der Waals surface area contributed by atoms with Crippen molar-refractivity contribution in [3.05, 3.63) is 63.2 Å². The first kappa shape index (κ1) is 18.3. The maximum atomic E-state index is 12.2. The third kappa shape index (κ3) is 4.51. The molecule has 0 fully saturated rings. The molecule has 0 spiro atoms. The van der Waals surface area contributed by atoms with Crippen molar-refractivity contribution in [3.63, 3.8) is 0 Å². The summed E-state index contributed by atoms with van der Waals surface area (Å²) in [5.74, 6) is -0.485. The molecule has 0 aliphatic heterocycles. The number of phenolic OH excluding ortho intramolecular Hbond substituents is 1. The molecular weight excluding hydrogens is 342 g/mol. The molecule has 2 aromatic carbocycles. The van der Waals surface area contributed by atoms with Crippen molar-refractivity contribution in [1.29, 1.82) is 0 Å². The largest absolute Gasteiger partial charge is 0.506 e. The predicted molar refractivity (Wildman–Crippen MR) is 99.0 cm³/mol. The molecular formula is C17H17N3O4S. The lowest BCUT2D eigenvalue weighted by atomic mass is 10.1. The zero-order valence-corrected chi connectivity index (χ0v) is 14.5. The second-order valence-corrected chi connectivity index (χ2v) is 5.78. The Morgan fingerprint density at radius 3 is 2.60 bits per heavy atom. The molecule has 0 heterocycles. The molecule has 7 nitrogen and oxygen atoms in total. The number of thiocarbonyl (C=S) groups is 1. The number of aryl methyl sites for hydroxylation is 2. The fraction of sp³-hybridized carbons (Fsp3) is 0.176. The van der Waals surface area contributed by atoms with E-state index in [4.69, 9.17) is 12.2 Å². The summed E-state index contributed by atoms with van der Waals surface area (Å²) in [4.78, 5) is 22.5. The zero-order chi connectivity index (χ0) is 18.6. The highest BCUT2D eigenvalue weighted by Gasteiger charge is 2.15. The van der Waals surface area contributed by atoms with Crippen LogP contribution in [0.3, 0.4) is 0 Å². The zero-order valence-electron chi connectivity index (χ0n) is 13.7. The van der Waals surface area contributed by atoms with E-state index in [1.165, 1.54) is 18.2 Å². The lowest BCUT2D eigenvalue weighted by Gasteiger charge is -2.12. The van der Waals surface area contributed by atoms with Crippen LogP contribution in [0.2, 0.25) is 0 Å². The molecule has 8 heteroatoms. The normalized spacial score (nSPS) is 10.2. The van der Waals surface area contributed by atoms with Gasteiger partial charge in [0.2, 0.25) is 0 Å². The third-order valence-electron chi connectivity index (χ3n) is 3.60. The van der Waals surface area contributed by atoms with E-state index in [0.29, 0.717) is 11.3 Å². The molecule has 0 radical (unpaired) electrons. The monoisotopic (exact) mass is 359 g/mol. The van der Waals surface area contributed by atoms with Gasteiger partial charge in [-0.1, -0.05) is 13.0 Å². The second-order valence-electron chi connectivity index (χ2n) is 5.37. The number of benzene rings is 2. The summed E-state index contributed by atoms with van der Waals surface area (Å²) in [5.41, 5.74) is 1.96. The number of carbonyl (C=O) groups is 1. The molecule has 0 bridgehead atoms. The number of nitrogens with zero attached hydrogens (tertiary/aromatic N) is 1. The molecule has 2 rings (SSSR count). The van der Waals surface area contributed by atoms with Crippen molar-refractivity contribution in [2.24, 2.45) is 0 Å². The Morgan fingerprint density at radius 2 is 2.00 bits per heavy atom. The molecule has 0 aliphatic carbocycles. The molecule has 130 valence electrons. The van der Waals surface area contributed by atoms with E-state index in [1.807, 2.05) is 6.92 Å². The van der Waals surface area contributed by atoms with Crippen LogP contribution < -0.4 is 10.6 Å². The van der Waals surface area contributed by atoms with E-state index in [1.54, 1.807) is 25.1 Å². The van der Waals surface area contributed by atoms with Gasteiger partial charge in [-0.3, -0.25) is 20.2 Å². The van der Waals surface area contributed by atoms with Gasteiger partial charge < -0.3 is 10.4 Å².